The van der Waals surface area contributed by atoms with Crippen LogP contribution in [0.3, 0.4) is 0 Å². The summed E-state index contributed by atoms with van der Waals surface area (Å²) in [4.78, 5) is 12.7. The molecular weight excluding hydrogens is 256 g/mol. The average molecular weight is 272 g/mol. The van der Waals surface area contributed by atoms with Crippen molar-refractivity contribution >= 4 is 17.7 Å². The summed E-state index contributed by atoms with van der Waals surface area (Å²) in [5.41, 5.74) is 0. The molecule has 1 aromatic rings. The zero-order valence-corrected chi connectivity index (χ0v) is 11.0. The SMILES string of the molecule is CN1CCOC(Cn2cnnc2SCC(=O)O)C1. The number of likely N-dealkylation sites (N-methyl/N-ethyl adjacent to an activating group) is 1. The highest BCUT2D eigenvalue weighted by atomic mass is 32.2. The van der Waals surface area contributed by atoms with Crippen LogP contribution in [-0.2, 0) is 16.1 Å². The number of hydrogen-bond donors (Lipinski definition) is 1. The van der Waals surface area contributed by atoms with E-state index in [0.29, 0.717) is 11.7 Å². The van der Waals surface area contributed by atoms with Crippen LogP contribution in [0.4, 0.5) is 0 Å². The highest BCUT2D eigenvalue weighted by Crippen LogP contribution is 2.16. The van der Waals surface area contributed by atoms with E-state index in [4.69, 9.17) is 9.84 Å². The number of rotatable bonds is 5. The van der Waals surface area contributed by atoms with Gasteiger partial charge in [-0.15, -0.1) is 10.2 Å². The number of nitrogens with zero attached hydrogens (tertiary/aromatic N) is 4. The predicted octanol–water partition coefficient (Wildman–Crippen LogP) is -0.215. The smallest absolute Gasteiger partial charge is 0.313 e. The Morgan fingerprint density at radius 3 is 3.28 bits per heavy atom. The molecule has 1 aliphatic rings. The van der Waals surface area contributed by atoms with E-state index in [1.54, 1.807) is 6.33 Å². The van der Waals surface area contributed by atoms with Gasteiger partial charge in [-0.3, -0.25) is 4.79 Å². The molecule has 1 N–H and O–H groups in total. The standard InChI is InChI=1S/C10H16N4O3S/c1-13-2-3-17-8(4-13)5-14-7-11-12-10(14)18-6-9(15)16/h7-8H,2-6H2,1H3,(H,15,16). The van der Waals surface area contributed by atoms with E-state index >= 15 is 0 Å². The van der Waals surface area contributed by atoms with Gasteiger partial charge < -0.3 is 19.3 Å². The molecule has 1 atom stereocenters. The molecule has 0 aliphatic carbocycles. The first-order valence-electron chi connectivity index (χ1n) is 5.67. The summed E-state index contributed by atoms with van der Waals surface area (Å²) < 4.78 is 7.50. The minimum atomic E-state index is -0.858. The van der Waals surface area contributed by atoms with Crippen molar-refractivity contribution in [2.45, 2.75) is 17.8 Å². The summed E-state index contributed by atoms with van der Waals surface area (Å²) in [5, 5.41) is 17.0. The van der Waals surface area contributed by atoms with Crippen molar-refractivity contribution in [2.75, 3.05) is 32.5 Å². The van der Waals surface area contributed by atoms with Crippen LogP contribution < -0.4 is 0 Å². The lowest BCUT2D eigenvalue weighted by atomic mass is 10.3. The summed E-state index contributed by atoms with van der Waals surface area (Å²) in [6.45, 7) is 3.18. The van der Waals surface area contributed by atoms with Gasteiger partial charge in [0.15, 0.2) is 5.16 Å². The second kappa shape index (κ2) is 6.17. The summed E-state index contributed by atoms with van der Waals surface area (Å²) in [6.07, 6.45) is 1.71. The molecule has 1 aromatic heterocycles. The molecule has 0 saturated carbocycles. The number of carbonyl (C=O) groups is 1. The van der Waals surface area contributed by atoms with E-state index in [1.165, 1.54) is 11.8 Å². The number of thioether (sulfide) groups is 1. The maximum atomic E-state index is 10.5. The van der Waals surface area contributed by atoms with E-state index in [1.807, 2.05) is 4.57 Å². The van der Waals surface area contributed by atoms with Gasteiger partial charge in [0.1, 0.15) is 6.33 Å². The van der Waals surface area contributed by atoms with Crippen LogP contribution in [0.25, 0.3) is 0 Å². The Balaban J connectivity index is 1.92. The van der Waals surface area contributed by atoms with Gasteiger partial charge in [0.05, 0.1) is 25.0 Å². The highest BCUT2D eigenvalue weighted by molar-refractivity contribution is 7.99. The van der Waals surface area contributed by atoms with Gasteiger partial charge in [0.25, 0.3) is 0 Å². The second-order valence-corrected chi connectivity index (χ2v) is 5.15. The lowest BCUT2D eigenvalue weighted by Crippen LogP contribution is -2.42. The fourth-order valence-electron chi connectivity index (χ4n) is 1.80. The normalized spacial score (nSPS) is 21.1. The Morgan fingerprint density at radius 2 is 2.56 bits per heavy atom. The van der Waals surface area contributed by atoms with E-state index in [0.717, 1.165) is 19.7 Å². The van der Waals surface area contributed by atoms with Crippen molar-refractivity contribution in [3.63, 3.8) is 0 Å². The Morgan fingerprint density at radius 1 is 1.72 bits per heavy atom. The number of aromatic nitrogens is 3. The summed E-state index contributed by atoms with van der Waals surface area (Å²) in [5.74, 6) is -0.868. The number of carboxylic acids is 1. The van der Waals surface area contributed by atoms with Gasteiger partial charge in [0, 0.05) is 13.1 Å². The lowest BCUT2D eigenvalue weighted by Gasteiger charge is -2.30. The molecule has 1 unspecified atom stereocenters. The first-order chi connectivity index (χ1) is 8.65. The molecule has 0 spiro atoms. The number of hydrogen-bond acceptors (Lipinski definition) is 6. The third-order valence-corrected chi connectivity index (χ3v) is 3.61. The van der Waals surface area contributed by atoms with Gasteiger partial charge in [-0.1, -0.05) is 11.8 Å². The molecule has 0 radical (unpaired) electrons. The van der Waals surface area contributed by atoms with Crippen LogP contribution in [-0.4, -0.2) is 69.3 Å². The van der Waals surface area contributed by atoms with Gasteiger partial charge in [0.2, 0.25) is 0 Å². The van der Waals surface area contributed by atoms with Crippen LogP contribution in [0.15, 0.2) is 11.5 Å². The Kier molecular flexibility index (Phi) is 4.56. The molecule has 18 heavy (non-hydrogen) atoms. The van der Waals surface area contributed by atoms with Gasteiger partial charge >= 0.3 is 5.97 Å². The maximum absolute atomic E-state index is 10.5. The van der Waals surface area contributed by atoms with Crippen molar-refractivity contribution in [1.82, 2.24) is 19.7 Å². The Bertz CT molecular complexity index is 412. The van der Waals surface area contributed by atoms with Crippen LogP contribution in [0.1, 0.15) is 0 Å². The predicted molar refractivity (Wildman–Crippen MR) is 65.6 cm³/mol. The van der Waals surface area contributed by atoms with Crippen LogP contribution >= 0.6 is 11.8 Å². The molecule has 7 nitrogen and oxygen atoms in total. The molecule has 1 fully saturated rings. The van der Waals surface area contributed by atoms with E-state index in [-0.39, 0.29) is 11.9 Å². The molecular formula is C10H16N4O3S. The van der Waals surface area contributed by atoms with Gasteiger partial charge in [-0.05, 0) is 7.05 Å². The van der Waals surface area contributed by atoms with E-state index in [2.05, 4.69) is 22.1 Å². The maximum Gasteiger partial charge on any atom is 0.313 e. The minimum absolute atomic E-state index is 0.00980. The number of carboxylic acid groups (broad SMARTS) is 1. The van der Waals surface area contributed by atoms with Crippen molar-refractivity contribution in [3.05, 3.63) is 6.33 Å². The van der Waals surface area contributed by atoms with Crippen LogP contribution in [0, 0.1) is 0 Å². The monoisotopic (exact) mass is 272 g/mol. The highest BCUT2D eigenvalue weighted by Gasteiger charge is 2.19. The minimum Gasteiger partial charge on any atom is -0.481 e. The summed E-state index contributed by atoms with van der Waals surface area (Å²) in [6, 6.07) is 0. The molecule has 0 amide bonds. The first-order valence-corrected chi connectivity index (χ1v) is 6.66. The van der Waals surface area contributed by atoms with Crippen molar-refractivity contribution in [3.8, 4) is 0 Å². The zero-order chi connectivity index (χ0) is 13.0. The zero-order valence-electron chi connectivity index (χ0n) is 10.2. The number of aliphatic carboxylic acids is 1. The van der Waals surface area contributed by atoms with Gasteiger partial charge in [-0.25, -0.2) is 0 Å². The van der Waals surface area contributed by atoms with Gasteiger partial charge in [-0.2, -0.15) is 0 Å². The van der Waals surface area contributed by atoms with E-state index in [9.17, 15) is 4.79 Å². The third-order valence-electron chi connectivity index (χ3n) is 2.65. The third kappa shape index (κ3) is 3.69. The van der Waals surface area contributed by atoms with Crippen molar-refractivity contribution in [2.24, 2.45) is 0 Å². The topological polar surface area (TPSA) is 80.5 Å². The summed E-state index contributed by atoms with van der Waals surface area (Å²) >= 11 is 1.17. The molecule has 0 bridgehead atoms. The lowest BCUT2D eigenvalue weighted by molar-refractivity contribution is -0.133. The van der Waals surface area contributed by atoms with Crippen molar-refractivity contribution in [1.29, 1.82) is 0 Å². The van der Waals surface area contributed by atoms with Crippen molar-refractivity contribution < 1.29 is 14.6 Å². The molecule has 0 aromatic carbocycles. The largest absolute Gasteiger partial charge is 0.481 e. The average Bonchev–Trinajstić information content (AvgIpc) is 2.74. The number of ether oxygens (including phenoxy) is 1. The fraction of sp³-hybridized carbons (Fsp3) is 0.700. The van der Waals surface area contributed by atoms with Crippen LogP contribution in [0.2, 0.25) is 0 Å². The molecule has 2 rings (SSSR count). The fourth-order valence-corrected chi connectivity index (χ4v) is 2.45. The van der Waals surface area contributed by atoms with Crippen LogP contribution in [0.5, 0.6) is 0 Å². The molecule has 8 heteroatoms. The first kappa shape index (κ1) is 13.3. The quantitative estimate of drug-likeness (QED) is 0.742. The van der Waals surface area contributed by atoms with E-state index < -0.39 is 5.97 Å². The molecule has 1 saturated heterocycles. The summed E-state index contributed by atoms with van der Waals surface area (Å²) in [7, 11) is 2.06. The molecule has 2 heterocycles. The molecule has 1 aliphatic heterocycles. The Labute approximate surface area is 109 Å². The second-order valence-electron chi connectivity index (χ2n) is 4.20. The molecule has 100 valence electrons. The number of morpholine rings is 1. The Hall–Kier alpha value is -1.12.